The van der Waals surface area contributed by atoms with E-state index in [2.05, 4.69) is 0 Å². The highest BCUT2D eigenvalue weighted by Gasteiger charge is 2.51. The Hall–Kier alpha value is -3.75. The molecule has 0 aliphatic carbocycles. The van der Waals surface area contributed by atoms with Crippen molar-refractivity contribution in [3.63, 3.8) is 0 Å². The number of aliphatic hydroxyl groups is 7. The molecule has 2 fully saturated rings. The molecule has 264 valence electrons. The predicted octanol–water partition coefficient (Wildman–Crippen LogP) is -1.50. The fourth-order valence-corrected chi connectivity index (χ4v) is 5.63. The molecule has 5 rings (SSSR count). The summed E-state index contributed by atoms with van der Waals surface area (Å²) in [4.78, 5) is 13.4. The monoisotopic (exact) mass is 682 g/mol. The highest BCUT2D eigenvalue weighted by atomic mass is 16.7. The van der Waals surface area contributed by atoms with Gasteiger partial charge in [0, 0.05) is 17.7 Å². The number of benzene rings is 2. The Morgan fingerprint density at radius 3 is 1.94 bits per heavy atom. The van der Waals surface area contributed by atoms with Crippen LogP contribution in [0.15, 0.2) is 39.5 Å². The molecule has 2 aromatic carbocycles. The van der Waals surface area contributed by atoms with Crippen molar-refractivity contribution in [1.29, 1.82) is 0 Å². The van der Waals surface area contributed by atoms with Crippen molar-refractivity contribution in [2.24, 2.45) is 0 Å². The Morgan fingerprint density at radius 1 is 0.667 bits per heavy atom. The van der Waals surface area contributed by atoms with Gasteiger partial charge in [0.05, 0.1) is 41.7 Å². The molecule has 10 atom stereocenters. The number of hydrogen-bond acceptors (Lipinski definition) is 17. The van der Waals surface area contributed by atoms with Crippen LogP contribution in [0.3, 0.4) is 0 Å². The van der Waals surface area contributed by atoms with Crippen molar-refractivity contribution in [2.75, 3.05) is 41.7 Å². The van der Waals surface area contributed by atoms with E-state index in [1.807, 2.05) is 0 Å². The number of methoxy groups -OCH3 is 4. The van der Waals surface area contributed by atoms with Crippen LogP contribution in [0.4, 0.5) is 0 Å². The van der Waals surface area contributed by atoms with E-state index in [0.29, 0.717) is 17.1 Å². The van der Waals surface area contributed by atoms with E-state index < -0.39 is 80.1 Å². The lowest BCUT2D eigenvalue weighted by Gasteiger charge is -2.45. The third-order valence-corrected chi connectivity index (χ3v) is 8.17. The second-order valence-electron chi connectivity index (χ2n) is 11.0. The Bertz CT molecular complexity index is 1620. The zero-order valence-electron chi connectivity index (χ0n) is 26.3. The largest absolute Gasteiger partial charge is 0.493 e. The van der Waals surface area contributed by atoms with E-state index in [9.17, 15) is 40.5 Å². The normalized spacial score (nSPS) is 30.6. The van der Waals surface area contributed by atoms with Gasteiger partial charge in [-0.2, -0.15) is 0 Å². The van der Waals surface area contributed by atoms with Crippen molar-refractivity contribution >= 4 is 11.0 Å². The molecule has 2 saturated heterocycles. The first-order chi connectivity index (χ1) is 23.0. The van der Waals surface area contributed by atoms with Crippen LogP contribution in [-0.2, 0) is 14.2 Å². The van der Waals surface area contributed by atoms with Crippen LogP contribution in [0.2, 0.25) is 0 Å². The summed E-state index contributed by atoms with van der Waals surface area (Å²) in [6.45, 7) is -1.52. The second kappa shape index (κ2) is 14.8. The van der Waals surface area contributed by atoms with E-state index in [4.69, 9.17) is 42.3 Å². The molecule has 1 aromatic heterocycles. The van der Waals surface area contributed by atoms with Crippen LogP contribution < -0.4 is 29.1 Å². The van der Waals surface area contributed by atoms with Gasteiger partial charge in [-0.25, -0.2) is 0 Å². The molecule has 0 amide bonds. The number of rotatable bonds is 11. The minimum Gasteiger partial charge on any atom is -0.493 e. The summed E-state index contributed by atoms with van der Waals surface area (Å²) in [5.74, 6) is 0.720. The summed E-state index contributed by atoms with van der Waals surface area (Å²) in [5.41, 5.74) is -0.0109. The third-order valence-electron chi connectivity index (χ3n) is 8.17. The Labute approximate surface area is 272 Å². The van der Waals surface area contributed by atoms with Crippen LogP contribution in [0.1, 0.15) is 0 Å². The molecule has 17 nitrogen and oxygen atoms in total. The summed E-state index contributed by atoms with van der Waals surface area (Å²) in [5, 5.41) is 72.2. The topological polar surface area (TPSA) is 246 Å². The lowest BCUT2D eigenvalue weighted by molar-refractivity contribution is -0.352. The first-order valence-electron chi connectivity index (χ1n) is 14.7. The van der Waals surface area contributed by atoms with Crippen molar-refractivity contribution in [2.45, 2.75) is 61.4 Å². The third kappa shape index (κ3) is 6.49. The van der Waals surface area contributed by atoms with Gasteiger partial charge in [-0.3, -0.25) is 4.79 Å². The van der Waals surface area contributed by atoms with Crippen LogP contribution in [0.5, 0.6) is 28.7 Å². The van der Waals surface area contributed by atoms with Gasteiger partial charge in [0.15, 0.2) is 34.7 Å². The van der Waals surface area contributed by atoms with E-state index >= 15 is 0 Å². The highest BCUT2D eigenvalue weighted by molar-refractivity contribution is 5.90. The highest BCUT2D eigenvalue weighted by Crippen LogP contribution is 2.44. The fourth-order valence-electron chi connectivity index (χ4n) is 5.63. The van der Waals surface area contributed by atoms with Gasteiger partial charge < -0.3 is 78.1 Å². The van der Waals surface area contributed by atoms with Crippen molar-refractivity contribution in [1.82, 2.24) is 0 Å². The molecular formula is C31H38O17. The minimum atomic E-state index is -1.86. The average molecular weight is 683 g/mol. The summed E-state index contributed by atoms with van der Waals surface area (Å²) < 4.78 is 50.3. The lowest BCUT2D eigenvalue weighted by Crippen LogP contribution is -2.65. The SMILES string of the molecule is COc1ccc(-c2cc(=O)c3c(OC)c(OC)c(O[C@@H]4O[C@H](CO)[C@@H](O[C@@H]5O[C@H](CO)[C@@H](O)[C@H](O)[C@H]5O)[C@H](O)[C@H]4O)cc3o2)cc1OC. The van der Waals surface area contributed by atoms with Gasteiger partial charge in [-0.15, -0.1) is 0 Å². The van der Waals surface area contributed by atoms with Crippen molar-refractivity contribution < 1.29 is 78.1 Å². The van der Waals surface area contributed by atoms with E-state index in [0.717, 1.165) is 0 Å². The number of hydrogen-bond donors (Lipinski definition) is 7. The Kier molecular flexibility index (Phi) is 11.0. The first kappa shape index (κ1) is 35.6. The van der Waals surface area contributed by atoms with Gasteiger partial charge in [-0.05, 0) is 18.2 Å². The molecule has 17 heteroatoms. The number of aliphatic hydroxyl groups excluding tert-OH is 7. The number of ether oxygens (including phenoxy) is 8. The molecule has 3 aromatic rings. The fraction of sp³-hybridized carbons (Fsp3) is 0.516. The second-order valence-corrected chi connectivity index (χ2v) is 11.0. The molecule has 0 unspecified atom stereocenters. The number of fused-ring (bicyclic) bond motifs is 1. The lowest BCUT2D eigenvalue weighted by atomic mass is 9.97. The van der Waals surface area contributed by atoms with Crippen LogP contribution in [-0.4, -0.2) is 139 Å². The minimum absolute atomic E-state index is 0.00619. The summed E-state index contributed by atoms with van der Waals surface area (Å²) in [6.07, 6.45) is -16.6. The van der Waals surface area contributed by atoms with Gasteiger partial charge >= 0.3 is 0 Å². The van der Waals surface area contributed by atoms with Crippen molar-refractivity contribution in [3.05, 3.63) is 40.6 Å². The molecule has 0 saturated carbocycles. The van der Waals surface area contributed by atoms with Crippen LogP contribution in [0, 0.1) is 0 Å². The van der Waals surface area contributed by atoms with Crippen LogP contribution in [0.25, 0.3) is 22.3 Å². The standard InChI is InChI=1S/C31H38O17/c1-40-14-6-5-12(7-16(14)41-2)15-8-13(34)21-17(44-15)9-18(28(42-3)29(21)43-4)45-30-26(39)24(37)27(20(11-33)47-30)48-31-25(38)23(36)22(35)19(10-32)46-31/h5-9,19-20,22-27,30-33,35-39H,10-11H2,1-4H3/t19-,20-,22-,23+,24-,25-,26-,27-,30-,31+/m1/s1. The maximum absolute atomic E-state index is 13.4. The maximum atomic E-state index is 13.4. The smallest absolute Gasteiger partial charge is 0.229 e. The molecule has 7 N–H and O–H groups in total. The Morgan fingerprint density at radius 2 is 1.31 bits per heavy atom. The molecule has 2 aliphatic rings. The van der Waals surface area contributed by atoms with Gasteiger partial charge in [0.2, 0.25) is 12.0 Å². The molecule has 0 bridgehead atoms. The van der Waals surface area contributed by atoms with Crippen LogP contribution >= 0.6 is 0 Å². The van der Waals surface area contributed by atoms with E-state index in [1.54, 1.807) is 18.2 Å². The molecule has 3 heterocycles. The van der Waals surface area contributed by atoms with Gasteiger partial charge in [0.1, 0.15) is 65.6 Å². The Balaban J connectivity index is 1.46. The van der Waals surface area contributed by atoms with Gasteiger partial charge in [-0.1, -0.05) is 0 Å². The molecule has 48 heavy (non-hydrogen) atoms. The maximum Gasteiger partial charge on any atom is 0.229 e. The zero-order valence-corrected chi connectivity index (χ0v) is 26.3. The molecule has 2 aliphatic heterocycles. The zero-order chi connectivity index (χ0) is 34.9. The molecule has 0 radical (unpaired) electrons. The predicted molar refractivity (Wildman–Crippen MR) is 161 cm³/mol. The summed E-state index contributed by atoms with van der Waals surface area (Å²) in [7, 11) is 5.52. The van der Waals surface area contributed by atoms with E-state index in [-0.39, 0.29) is 34.0 Å². The quantitative estimate of drug-likeness (QED) is 0.122. The molecular weight excluding hydrogens is 644 g/mol. The summed E-state index contributed by atoms with van der Waals surface area (Å²) in [6, 6.07) is 7.48. The van der Waals surface area contributed by atoms with Crippen molar-refractivity contribution in [3.8, 4) is 40.1 Å². The first-order valence-corrected chi connectivity index (χ1v) is 14.7. The summed E-state index contributed by atoms with van der Waals surface area (Å²) >= 11 is 0. The average Bonchev–Trinajstić information content (AvgIpc) is 3.10. The molecule has 0 spiro atoms. The van der Waals surface area contributed by atoms with E-state index in [1.165, 1.54) is 40.6 Å². The van der Waals surface area contributed by atoms with Gasteiger partial charge in [0.25, 0.3) is 0 Å².